The van der Waals surface area contributed by atoms with Crippen LogP contribution in [0.1, 0.15) is 6.92 Å². The molecule has 0 spiro atoms. The van der Waals surface area contributed by atoms with Gasteiger partial charge in [-0.2, -0.15) is 0 Å². The summed E-state index contributed by atoms with van der Waals surface area (Å²) >= 11 is 12.4. The third kappa shape index (κ3) is 4.30. The van der Waals surface area contributed by atoms with Crippen LogP contribution in [-0.4, -0.2) is 28.9 Å². The van der Waals surface area contributed by atoms with E-state index in [1.54, 1.807) is 0 Å². The van der Waals surface area contributed by atoms with E-state index in [2.05, 4.69) is 9.88 Å². The van der Waals surface area contributed by atoms with Crippen molar-refractivity contribution in [3.8, 4) is 5.75 Å². The Morgan fingerprint density at radius 3 is 2.07 bits per heavy atom. The molecule has 1 heterocycles. The van der Waals surface area contributed by atoms with Crippen LogP contribution in [0.25, 0.3) is 21.8 Å². The van der Waals surface area contributed by atoms with E-state index in [4.69, 9.17) is 27.9 Å². The molecular formula is C23H22Cl2N2O2. The van der Waals surface area contributed by atoms with E-state index in [-0.39, 0.29) is 0 Å². The monoisotopic (exact) mass is 428 g/mol. The SMILES string of the molecule is CCOc1ccc(NCC(O)Cn2c3ccc(Cl)cc3c3cc(Cl)ccc32)cc1. The summed E-state index contributed by atoms with van der Waals surface area (Å²) in [6, 6.07) is 19.3. The van der Waals surface area contributed by atoms with Crippen molar-refractivity contribution in [1.29, 1.82) is 0 Å². The normalized spacial score (nSPS) is 12.4. The van der Waals surface area contributed by atoms with E-state index >= 15 is 0 Å². The van der Waals surface area contributed by atoms with Gasteiger partial charge in [-0.25, -0.2) is 0 Å². The number of aliphatic hydroxyl groups excluding tert-OH is 1. The number of benzene rings is 3. The van der Waals surface area contributed by atoms with Crippen LogP contribution in [0.3, 0.4) is 0 Å². The van der Waals surface area contributed by atoms with Crippen molar-refractivity contribution in [3.63, 3.8) is 0 Å². The standard InChI is InChI=1S/C23H22Cl2N2O2/c1-2-29-19-7-5-17(6-8-19)26-13-18(28)14-27-22-9-3-15(24)11-20(22)21-12-16(25)4-10-23(21)27/h3-12,18,26,28H,2,13-14H2,1H3. The van der Waals surface area contributed by atoms with Crippen molar-refractivity contribution < 1.29 is 9.84 Å². The van der Waals surface area contributed by atoms with Crippen molar-refractivity contribution >= 4 is 50.7 Å². The molecule has 1 atom stereocenters. The van der Waals surface area contributed by atoms with Gasteiger partial charge in [0.1, 0.15) is 5.75 Å². The van der Waals surface area contributed by atoms with Gasteiger partial charge in [0.25, 0.3) is 0 Å². The van der Waals surface area contributed by atoms with E-state index < -0.39 is 6.10 Å². The molecule has 3 aromatic carbocycles. The van der Waals surface area contributed by atoms with Crippen molar-refractivity contribution in [2.45, 2.75) is 19.6 Å². The first-order valence-corrected chi connectivity index (χ1v) is 10.3. The van der Waals surface area contributed by atoms with Gasteiger partial charge < -0.3 is 19.7 Å². The zero-order chi connectivity index (χ0) is 20.4. The number of rotatable bonds is 7. The largest absolute Gasteiger partial charge is 0.494 e. The maximum absolute atomic E-state index is 10.7. The molecule has 0 radical (unpaired) electrons. The molecule has 4 rings (SSSR count). The molecule has 4 aromatic rings. The average Bonchev–Trinajstić information content (AvgIpc) is 3.00. The number of anilines is 1. The summed E-state index contributed by atoms with van der Waals surface area (Å²) < 4.78 is 7.57. The second kappa shape index (κ2) is 8.54. The molecule has 0 saturated heterocycles. The van der Waals surface area contributed by atoms with Crippen LogP contribution in [-0.2, 0) is 6.54 Å². The first kappa shape index (κ1) is 19.9. The van der Waals surface area contributed by atoms with Gasteiger partial charge in [-0.3, -0.25) is 0 Å². The Bertz CT molecular complexity index is 1080. The van der Waals surface area contributed by atoms with Gasteiger partial charge in [-0.1, -0.05) is 23.2 Å². The molecule has 0 fully saturated rings. The molecule has 0 amide bonds. The summed E-state index contributed by atoms with van der Waals surface area (Å²) in [4.78, 5) is 0. The second-order valence-corrected chi connectivity index (χ2v) is 7.80. The fraction of sp³-hybridized carbons (Fsp3) is 0.217. The highest BCUT2D eigenvalue weighted by molar-refractivity contribution is 6.33. The van der Waals surface area contributed by atoms with E-state index in [0.717, 1.165) is 33.2 Å². The lowest BCUT2D eigenvalue weighted by molar-refractivity contribution is 0.169. The van der Waals surface area contributed by atoms with Crippen molar-refractivity contribution in [2.75, 3.05) is 18.5 Å². The summed E-state index contributed by atoms with van der Waals surface area (Å²) in [5.41, 5.74) is 2.98. The van der Waals surface area contributed by atoms with Gasteiger partial charge >= 0.3 is 0 Å². The predicted molar refractivity (Wildman–Crippen MR) is 122 cm³/mol. The zero-order valence-corrected chi connectivity index (χ0v) is 17.5. The molecule has 0 aliphatic carbocycles. The minimum Gasteiger partial charge on any atom is -0.494 e. The van der Waals surface area contributed by atoms with E-state index in [9.17, 15) is 5.11 Å². The van der Waals surface area contributed by atoms with Crippen LogP contribution in [0.2, 0.25) is 10.0 Å². The van der Waals surface area contributed by atoms with Gasteiger partial charge in [0, 0.05) is 44.1 Å². The van der Waals surface area contributed by atoms with E-state index in [0.29, 0.717) is 29.7 Å². The fourth-order valence-corrected chi connectivity index (χ4v) is 3.94. The smallest absolute Gasteiger partial charge is 0.119 e. The highest BCUT2D eigenvalue weighted by Crippen LogP contribution is 2.33. The third-order valence-corrected chi connectivity index (χ3v) is 5.36. The summed E-state index contributed by atoms with van der Waals surface area (Å²) in [7, 11) is 0. The molecular weight excluding hydrogens is 407 g/mol. The minimum atomic E-state index is -0.577. The summed E-state index contributed by atoms with van der Waals surface area (Å²) in [5, 5.41) is 17.4. The summed E-state index contributed by atoms with van der Waals surface area (Å²) in [6.45, 7) is 3.48. The molecule has 4 nitrogen and oxygen atoms in total. The lowest BCUT2D eigenvalue weighted by atomic mass is 10.1. The van der Waals surface area contributed by atoms with Crippen LogP contribution in [0.5, 0.6) is 5.75 Å². The first-order valence-electron chi connectivity index (χ1n) is 9.57. The molecule has 0 aliphatic rings. The van der Waals surface area contributed by atoms with Crippen LogP contribution in [0, 0.1) is 0 Å². The number of aromatic nitrogens is 1. The number of hydrogen-bond donors (Lipinski definition) is 2. The average molecular weight is 429 g/mol. The number of nitrogens with one attached hydrogen (secondary N) is 1. The molecule has 29 heavy (non-hydrogen) atoms. The van der Waals surface area contributed by atoms with E-state index in [1.165, 1.54) is 0 Å². The first-order chi connectivity index (χ1) is 14.0. The second-order valence-electron chi connectivity index (χ2n) is 6.93. The van der Waals surface area contributed by atoms with Crippen LogP contribution < -0.4 is 10.1 Å². The van der Waals surface area contributed by atoms with Gasteiger partial charge in [0.2, 0.25) is 0 Å². The molecule has 0 bridgehead atoms. The molecule has 1 unspecified atom stereocenters. The lowest BCUT2D eigenvalue weighted by Crippen LogP contribution is -2.24. The Balaban J connectivity index is 1.55. The van der Waals surface area contributed by atoms with Crippen molar-refractivity contribution in [3.05, 3.63) is 70.7 Å². The Morgan fingerprint density at radius 2 is 1.52 bits per heavy atom. The fourth-order valence-electron chi connectivity index (χ4n) is 3.59. The van der Waals surface area contributed by atoms with Gasteiger partial charge in [0.05, 0.1) is 19.3 Å². The van der Waals surface area contributed by atoms with E-state index in [1.807, 2.05) is 67.6 Å². The Labute approximate surface area is 179 Å². The topological polar surface area (TPSA) is 46.4 Å². The number of hydrogen-bond acceptors (Lipinski definition) is 3. The Hall–Kier alpha value is -2.40. The van der Waals surface area contributed by atoms with Crippen LogP contribution in [0.4, 0.5) is 5.69 Å². The molecule has 2 N–H and O–H groups in total. The predicted octanol–water partition coefficient (Wildman–Crippen LogP) is 5.97. The zero-order valence-electron chi connectivity index (χ0n) is 16.0. The quantitative estimate of drug-likeness (QED) is 0.380. The van der Waals surface area contributed by atoms with Crippen molar-refractivity contribution in [1.82, 2.24) is 4.57 Å². The minimum absolute atomic E-state index is 0.427. The number of halogens is 2. The molecule has 0 aliphatic heterocycles. The third-order valence-electron chi connectivity index (χ3n) is 4.89. The van der Waals surface area contributed by atoms with Gasteiger partial charge in [0.15, 0.2) is 0 Å². The Kier molecular flexibility index (Phi) is 5.86. The summed E-state index contributed by atoms with van der Waals surface area (Å²) in [6.07, 6.45) is -0.577. The highest BCUT2D eigenvalue weighted by Gasteiger charge is 2.14. The number of aliphatic hydroxyl groups is 1. The number of fused-ring (bicyclic) bond motifs is 3. The molecule has 1 aromatic heterocycles. The molecule has 0 saturated carbocycles. The van der Waals surface area contributed by atoms with Crippen LogP contribution >= 0.6 is 23.2 Å². The maximum Gasteiger partial charge on any atom is 0.119 e. The van der Waals surface area contributed by atoms with Crippen LogP contribution in [0.15, 0.2) is 60.7 Å². The maximum atomic E-state index is 10.7. The Morgan fingerprint density at radius 1 is 0.931 bits per heavy atom. The van der Waals surface area contributed by atoms with Gasteiger partial charge in [-0.05, 0) is 67.6 Å². The van der Waals surface area contributed by atoms with Crippen molar-refractivity contribution in [2.24, 2.45) is 0 Å². The number of ether oxygens (including phenoxy) is 1. The lowest BCUT2D eigenvalue weighted by Gasteiger charge is -2.16. The number of nitrogens with zero attached hydrogens (tertiary/aromatic N) is 1. The molecule has 6 heteroatoms. The molecule has 150 valence electrons. The highest BCUT2D eigenvalue weighted by atomic mass is 35.5. The van der Waals surface area contributed by atoms with Gasteiger partial charge in [-0.15, -0.1) is 0 Å². The summed E-state index contributed by atoms with van der Waals surface area (Å²) in [5.74, 6) is 0.834.